The smallest absolute Gasteiger partial charge is 0.462 e. The number of nitrogens with zero attached hydrogens (tertiary/aromatic N) is 1. The molecule has 0 aliphatic heterocycles. The zero-order valence-electron chi connectivity index (χ0n) is 40.9. The van der Waals surface area contributed by atoms with Crippen LogP contribution in [0.25, 0.3) is 0 Å². The lowest BCUT2D eigenvalue weighted by atomic mass is 10.0. The Hall–Kier alpha value is -1.25. The molecular formula is C51H101NO8P+. The maximum absolute atomic E-state index is 12.7. The molecule has 0 aliphatic rings. The van der Waals surface area contributed by atoms with Crippen LogP contribution in [-0.2, 0) is 32.7 Å². The number of rotatable bonds is 48. The van der Waals surface area contributed by atoms with Gasteiger partial charge >= 0.3 is 19.8 Å². The molecule has 0 radical (unpaired) electrons. The SMILES string of the molecule is CCCCCC/C=C/CCCCCCCCCCCC(=O)O[C@H](COC(=O)CCCCCCCCCCCCCCCCCCCCCC)COP(=O)(O)OCC[N+](C)(C)C. The number of hydrogen-bond donors (Lipinski definition) is 1. The van der Waals surface area contributed by atoms with Gasteiger partial charge in [0.25, 0.3) is 0 Å². The first kappa shape index (κ1) is 59.8. The lowest BCUT2D eigenvalue weighted by Crippen LogP contribution is -2.37. The minimum Gasteiger partial charge on any atom is -0.462 e. The molecule has 1 unspecified atom stereocenters. The highest BCUT2D eigenvalue weighted by molar-refractivity contribution is 7.47. The van der Waals surface area contributed by atoms with Crippen LogP contribution in [-0.4, -0.2) is 74.9 Å². The summed E-state index contributed by atoms with van der Waals surface area (Å²) in [6.07, 6.45) is 48.3. The summed E-state index contributed by atoms with van der Waals surface area (Å²) in [5.74, 6) is -0.785. The van der Waals surface area contributed by atoms with Gasteiger partial charge in [0.1, 0.15) is 19.8 Å². The molecule has 0 aromatic carbocycles. The van der Waals surface area contributed by atoms with Crippen LogP contribution in [0.15, 0.2) is 12.2 Å². The number of quaternary nitrogens is 1. The van der Waals surface area contributed by atoms with Crippen molar-refractivity contribution in [2.45, 2.75) is 258 Å². The van der Waals surface area contributed by atoms with Gasteiger partial charge in [0.15, 0.2) is 6.10 Å². The van der Waals surface area contributed by atoms with Crippen LogP contribution in [0, 0.1) is 0 Å². The summed E-state index contributed by atoms with van der Waals surface area (Å²) in [6.45, 7) is 4.46. The highest BCUT2D eigenvalue weighted by atomic mass is 31.2. The summed E-state index contributed by atoms with van der Waals surface area (Å²) >= 11 is 0. The van der Waals surface area contributed by atoms with Crippen LogP contribution in [0.5, 0.6) is 0 Å². The maximum Gasteiger partial charge on any atom is 0.472 e. The Labute approximate surface area is 377 Å². The van der Waals surface area contributed by atoms with E-state index in [-0.39, 0.29) is 25.6 Å². The van der Waals surface area contributed by atoms with Crippen LogP contribution in [0.2, 0.25) is 0 Å². The Morgan fingerprint density at radius 3 is 1.23 bits per heavy atom. The molecule has 0 saturated carbocycles. The molecule has 0 aliphatic carbocycles. The lowest BCUT2D eigenvalue weighted by Gasteiger charge is -2.24. The molecule has 0 fully saturated rings. The topological polar surface area (TPSA) is 108 Å². The van der Waals surface area contributed by atoms with Gasteiger partial charge in [0.2, 0.25) is 0 Å². The third-order valence-corrected chi connectivity index (χ3v) is 12.5. The van der Waals surface area contributed by atoms with Crippen molar-refractivity contribution in [3.05, 3.63) is 12.2 Å². The zero-order valence-corrected chi connectivity index (χ0v) is 41.8. The van der Waals surface area contributed by atoms with E-state index in [4.69, 9.17) is 18.5 Å². The fraction of sp³-hybridized carbons (Fsp3) is 0.922. The van der Waals surface area contributed by atoms with E-state index in [0.29, 0.717) is 23.9 Å². The van der Waals surface area contributed by atoms with Crippen LogP contribution in [0.3, 0.4) is 0 Å². The maximum atomic E-state index is 12.7. The van der Waals surface area contributed by atoms with Crippen molar-refractivity contribution in [2.75, 3.05) is 47.5 Å². The Kier molecular flexibility index (Phi) is 43.1. The van der Waals surface area contributed by atoms with Crippen molar-refractivity contribution >= 4 is 19.8 Å². The average Bonchev–Trinajstić information content (AvgIpc) is 3.21. The molecule has 2 atom stereocenters. The number of unbranched alkanes of at least 4 members (excludes halogenated alkanes) is 32. The van der Waals surface area contributed by atoms with Crippen LogP contribution < -0.4 is 0 Å². The summed E-state index contributed by atoms with van der Waals surface area (Å²) in [4.78, 5) is 35.5. The van der Waals surface area contributed by atoms with Gasteiger partial charge < -0.3 is 18.9 Å². The highest BCUT2D eigenvalue weighted by Crippen LogP contribution is 2.43. The number of phosphoric acid groups is 1. The molecule has 10 heteroatoms. The third kappa shape index (κ3) is 48.1. The first-order chi connectivity index (χ1) is 29.5. The lowest BCUT2D eigenvalue weighted by molar-refractivity contribution is -0.870. The fourth-order valence-corrected chi connectivity index (χ4v) is 8.22. The van der Waals surface area contributed by atoms with E-state index in [1.54, 1.807) is 0 Å². The molecule has 0 amide bonds. The Morgan fingerprint density at radius 1 is 0.492 bits per heavy atom. The second-order valence-corrected chi connectivity index (χ2v) is 20.4. The van der Waals surface area contributed by atoms with Crippen molar-refractivity contribution in [3.8, 4) is 0 Å². The number of allylic oxidation sites excluding steroid dienone is 2. The summed E-state index contributed by atoms with van der Waals surface area (Å²) < 4.78 is 34.5. The quantitative estimate of drug-likeness (QED) is 0.0212. The molecule has 0 saturated heterocycles. The van der Waals surface area contributed by atoms with Gasteiger partial charge in [-0.05, 0) is 38.5 Å². The summed E-state index contributed by atoms with van der Waals surface area (Å²) in [5.41, 5.74) is 0. The normalized spacial score (nSPS) is 13.5. The number of esters is 2. The van der Waals surface area contributed by atoms with Gasteiger partial charge in [-0.1, -0.05) is 212 Å². The van der Waals surface area contributed by atoms with Crippen molar-refractivity contribution < 1.29 is 42.1 Å². The van der Waals surface area contributed by atoms with Gasteiger partial charge in [0.05, 0.1) is 27.7 Å². The minimum absolute atomic E-state index is 0.0348. The Morgan fingerprint density at radius 2 is 0.836 bits per heavy atom. The number of phosphoric ester groups is 1. The molecule has 362 valence electrons. The molecule has 0 aromatic rings. The monoisotopic (exact) mass is 887 g/mol. The van der Waals surface area contributed by atoms with E-state index in [1.807, 2.05) is 21.1 Å². The van der Waals surface area contributed by atoms with Gasteiger partial charge in [-0.15, -0.1) is 0 Å². The van der Waals surface area contributed by atoms with Crippen LogP contribution in [0.4, 0.5) is 0 Å². The largest absolute Gasteiger partial charge is 0.472 e. The van der Waals surface area contributed by atoms with E-state index in [1.165, 1.54) is 186 Å². The molecule has 0 rings (SSSR count). The highest BCUT2D eigenvalue weighted by Gasteiger charge is 2.27. The number of likely N-dealkylation sites (N-methyl/N-ethyl adjacent to an activating group) is 1. The predicted molar refractivity (Wildman–Crippen MR) is 257 cm³/mol. The number of carbonyl (C=O) groups excluding carboxylic acids is 2. The fourth-order valence-electron chi connectivity index (χ4n) is 7.48. The van der Waals surface area contributed by atoms with E-state index in [0.717, 1.165) is 32.1 Å². The summed E-state index contributed by atoms with van der Waals surface area (Å²) in [6, 6.07) is 0. The van der Waals surface area contributed by atoms with Gasteiger partial charge in [-0.25, -0.2) is 4.57 Å². The average molecular weight is 887 g/mol. The molecule has 1 N–H and O–H groups in total. The number of carbonyl (C=O) groups is 2. The summed E-state index contributed by atoms with van der Waals surface area (Å²) in [5, 5.41) is 0. The van der Waals surface area contributed by atoms with Gasteiger partial charge in [0, 0.05) is 12.8 Å². The van der Waals surface area contributed by atoms with Crippen molar-refractivity contribution in [1.29, 1.82) is 0 Å². The van der Waals surface area contributed by atoms with Gasteiger partial charge in [-0.3, -0.25) is 18.6 Å². The van der Waals surface area contributed by atoms with Crippen LogP contribution in [0.1, 0.15) is 251 Å². The number of hydrogen-bond acceptors (Lipinski definition) is 7. The second-order valence-electron chi connectivity index (χ2n) is 18.9. The molecule has 61 heavy (non-hydrogen) atoms. The molecular weight excluding hydrogens is 786 g/mol. The first-order valence-electron chi connectivity index (χ1n) is 25.9. The third-order valence-electron chi connectivity index (χ3n) is 11.5. The van der Waals surface area contributed by atoms with Crippen LogP contribution >= 0.6 is 7.82 Å². The Balaban J connectivity index is 4.20. The van der Waals surface area contributed by atoms with E-state index in [2.05, 4.69) is 26.0 Å². The van der Waals surface area contributed by atoms with Crippen molar-refractivity contribution in [1.82, 2.24) is 0 Å². The minimum atomic E-state index is -4.37. The Bertz CT molecular complexity index is 1050. The molecule has 0 spiro atoms. The second kappa shape index (κ2) is 44.0. The summed E-state index contributed by atoms with van der Waals surface area (Å²) in [7, 11) is 1.49. The molecule has 0 bridgehead atoms. The molecule has 0 aromatic heterocycles. The predicted octanol–water partition coefficient (Wildman–Crippen LogP) is 15.3. The van der Waals surface area contributed by atoms with E-state index >= 15 is 0 Å². The molecule has 9 nitrogen and oxygen atoms in total. The zero-order chi connectivity index (χ0) is 45.0. The molecule has 0 heterocycles. The van der Waals surface area contributed by atoms with Crippen molar-refractivity contribution in [3.63, 3.8) is 0 Å². The van der Waals surface area contributed by atoms with E-state index in [9.17, 15) is 19.0 Å². The first-order valence-corrected chi connectivity index (χ1v) is 27.4. The van der Waals surface area contributed by atoms with Crippen molar-refractivity contribution in [2.24, 2.45) is 0 Å². The standard InChI is InChI=1S/C51H100NO8P/c1-6-8-10-12-14-16-18-20-22-24-25-26-28-29-31-33-35-37-39-41-43-50(53)57-47-49(48-59-61(55,56)58-46-45-52(3,4)5)60-51(54)44-42-40-38-36-34-32-30-27-23-21-19-17-15-13-11-9-7-2/h17,19,49H,6-16,18,20-48H2,1-5H3/p+1/b19-17+/t49-/m1/s1. The van der Waals surface area contributed by atoms with E-state index < -0.39 is 26.5 Å². The van der Waals surface area contributed by atoms with Gasteiger partial charge in [-0.2, -0.15) is 0 Å². The number of ether oxygens (including phenoxy) is 2.